The molecule has 0 fully saturated rings. The van der Waals surface area contributed by atoms with E-state index in [1.165, 1.54) is 12.3 Å². The summed E-state index contributed by atoms with van der Waals surface area (Å²) in [6.07, 6.45) is 1.42. The molecule has 10 heavy (non-hydrogen) atoms. The van der Waals surface area contributed by atoms with Gasteiger partial charge in [-0.3, -0.25) is 10.1 Å². The first kappa shape index (κ1) is 7.41. The summed E-state index contributed by atoms with van der Waals surface area (Å²) in [5.74, 6) is 0. The fraction of sp³-hybridized carbons (Fsp3) is 0. The lowest BCUT2D eigenvalue weighted by molar-refractivity contribution is 0.490. The molecule has 1 rings (SSSR count). The van der Waals surface area contributed by atoms with Crippen LogP contribution in [0.5, 0.6) is 0 Å². The van der Waals surface area contributed by atoms with Crippen molar-refractivity contribution in [3.8, 4) is 0 Å². The van der Waals surface area contributed by atoms with Crippen molar-refractivity contribution in [2.24, 2.45) is 5.50 Å². The molecule has 1 aromatic heterocycles. The molecular formula is C5H7N2O2P. The van der Waals surface area contributed by atoms with Crippen LogP contribution in [0.2, 0.25) is 0 Å². The van der Waals surface area contributed by atoms with E-state index in [1.807, 2.05) is 0 Å². The fourth-order valence-electron chi connectivity index (χ4n) is 0.543. The lowest BCUT2D eigenvalue weighted by atomic mass is 10.5. The fourth-order valence-corrected chi connectivity index (χ4v) is 1.08. The average molecular weight is 158 g/mol. The van der Waals surface area contributed by atoms with Gasteiger partial charge in [0.2, 0.25) is 0 Å². The van der Waals surface area contributed by atoms with Gasteiger partial charge in [-0.1, -0.05) is 6.07 Å². The quantitative estimate of drug-likeness (QED) is 0.557. The zero-order valence-electron chi connectivity index (χ0n) is 5.14. The molecule has 54 valence electrons. The third-order valence-corrected chi connectivity index (χ3v) is 1.90. The summed E-state index contributed by atoms with van der Waals surface area (Å²) >= 11 is 0. The molecule has 1 aromatic rings. The second kappa shape index (κ2) is 2.50. The van der Waals surface area contributed by atoms with E-state index in [9.17, 15) is 4.57 Å². The van der Waals surface area contributed by atoms with Gasteiger partial charge in [-0.2, -0.15) is 0 Å². The van der Waals surface area contributed by atoms with Crippen LogP contribution in [0.15, 0.2) is 24.4 Å². The Balaban J connectivity index is 3.09. The Morgan fingerprint density at radius 1 is 1.60 bits per heavy atom. The van der Waals surface area contributed by atoms with Crippen molar-refractivity contribution in [1.82, 2.24) is 4.98 Å². The number of nitrogens with zero attached hydrogens (tertiary/aromatic N) is 1. The minimum absolute atomic E-state index is 0.0370. The second-order valence-electron chi connectivity index (χ2n) is 1.81. The van der Waals surface area contributed by atoms with Crippen molar-refractivity contribution >= 4 is 13.0 Å². The summed E-state index contributed by atoms with van der Waals surface area (Å²) in [6, 6.07) is 4.68. The van der Waals surface area contributed by atoms with Crippen LogP contribution in [0.25, 0.3) is 0 Å². The van der Waals surface area contributed by atoms with Gasteiger partial charge in [0.15, 0.2) is 0 Å². The van der Waals surface area contributed by atoms with Crippen molar-refractivity contribution < 1.29 is 9.46 Å². The first-order valence-electron chi connectivity index (χ1n) is 2.63. The van der Waals surface area contributed by atoms with Gasteiger partial charge < -0.3 is 4.89 Å². The number of rotatable bonds is 1. The normalized spacial score (nSPS) is 16.2. The van der Waals surface area contributed by atoms with Gasteiger partial charge in [-0.25, -0.2) is 4.98 Å². The van der Waals surface area contributed by atoms with Gasteiger partial charge in [0.25, 0.3) is 0 Å². The highest BCUT2D eigenvalue weighted by molar-refractivity contribution is 7.63. The van der Waals surface area contributed by atoms with E-state index in [-0.39, 0.29) is 5.44 Å². The maximum atomic E-state index is 10.7. The molecule has 0 aliphatic rings. The van der Waals surface area contributed by atoms with E-state index < -0.39 is 7.52 Å². The second-order valence-corrected chi connectivity index (χ2v) is 3.51. The highest BCUT2D eigenvalue weighted by Crippen LogP contribution is 2.26. The molecule has 0 spiro atoms. The zero-order valence-corrected chi connectivity index (χ0v) is 6.03. The highest BCUT2D eigenvalue weighted by Gasteiger charge is 2.14. The van der Waals surface area contributed by atoms with Crippen LogP contribution in [-0.2, 0) is 4.57 Å². The van der Waals surface area contributed by atoms with Crippen molar-refractivity contribution in [3.63, 3.8) is 0 Å². The van der Waals surface area contributed by atoms with E-state index in [1.54, 1.807) is 12.1 Å². The Kier molecular flexibility index (Phi) is 1.85. The molecule has 1 unspecified atom stereocenters. The van der Waals surface area contributed by atoms with E-state index in [0.29, 0.717) is 0 Å². The van der Waals surface area contributed by atoms with Crippen molar-refractivity contribution in [1.29, 1.82) is 0 Å². The van der Waals surface area contributed by atoms with Crippen LogP contribution in [0.1, 0.15) is 0 Å². The minimum atomic E-state index is -3.63. The van der Waals surface area contributed by atoms with Crippen LogP contribution in [-0.4, -0.2) is 9.88 Å². The third kappa shape index (κ3) is 1.64. The summed E-state index contributed by atoms with van der Waals surface area (Å²) in [4.78, 5) is 12.4. The minimum Gasteiger partial charge on any atom is -0.329 e. The topological polar surface area (TPSA) is 76.2 Å². The van der Waals surface area contributed by atoms with Crippen molar-refractivity contribution in [3.05, 3.63) is 24.4 Å². The molecule has 0 bridgehead atoms. The molecule has 5 heteroatoms. The molecular weight excluding hydrogens is 151 g/mol. The van der Waals surface area contributed by atoms with Crippen LogP contribution in [0.3, 0.4) is 0 Å². The largest absolute Gasteiger partial charge is 0.329 e. The third-order valence-electron chi connectivity index (χ3n) is 0.978. The summed E-state index contributed by atoms with van der Waals surface area (Å²) in [7, 11) is -3.63. The number of aromatic nitrogens is 1. The van der Waals surface area contributed by atoms with Gasteiger partial charge in [-0.05, 0) is 12.1 Å². The molecule has 1 atom stereocenters. The van der Waals surface area contributed by atoms with Crippen molar-refractivity contribution in [2.45, 2.75) is 0 Å². The molecule has 0 saturated carbocycles. The zero-order chi connectivity index (χ0) is 7.61. The molecule has 0 radical (unpaired) electrons. The molecule has 4 nitrogen and oxygen atoms in total. The summed E-state index contributed by atoms with van der Waals surface area (Å²) < 4.78 is 10.7. The first-order chi connectivity index (χ1) is 4.61. The summed E-state index contributed by atoms with van der Waals surface area (Å²) in [6.45, 7) is 0. The summed E-state index contributed by atoms with van der Waals surface area (Å²) in [5, 5.41) is 0. The molecule has 0 aromatic carbocycles. The molecule has 0 aliphatic carbocycles. The molecule has 1 heterocycles. The van der Waals surface area contributed by atoms with Gasteiger partial charge in [0.05, 0.1) is 0 Å². The highest BCUT2D eigenvalue weighted by atomic mass is 31.2. The molecule has 0 aliphatic heterocycles. The van der Waals surface area contributed by atoms with E-state index in [2.05, 4.69) is 4.98 Å². The van der Waals surface area contributed by atoms with Gasteiger partial charge in [-0.15, -0.1) is 0 Å². The van der Waals surface area contributed by atoms with Crippen LogP contribution in [0, 0.1) is 0 Å². The first-order valence-corrected chi connectivity index (χ1v) is 4.36. The Labute approximate surface area is 58.2 Å². The van der Waals surface area contributed by atoms with E-state index >= 15 is 0 Å². The smallest absolute Gasteiger partial charge is 0.312 e. The molecule has 3 N–H and O–H groups in total. The van der Waals surface area contributed by atoms with Crippen molar-refractivity contribution in [2.75, 3.05) is 0 Å². The Morgan fingerprint density at radius 3 is 2.60 bits per heavy atom. The lowest BCUT2D eigenvalue weighted by Crippen LogP contribution is -2.13. The maximum Gasteiger partial charge on any atom is 0.312 e. The number of pyridine rings is 1. The Bertz CT molecular complexity index is 256. The van der Waals surface area contributed by atoms with E-state index in [0.717, 1.165) is 0 Å². The predicted octanol–water partition coefficient (Wildman–Crippen LogP) is -0.149. The number of nitrogens with two attached hydrogens (primary N) is 1. The SMILES string of the molecule is NP(=O)(O)c1ccccn1. The number of hydrogen-bond acceptors (Lipinski definition) is 2. The monoisotopic (exact) mass is 158 g/mol. The number of hydrogen-bond donors (Lipinski definition) is 2. The molecule has 0 amide bonds. The average Bonchev–Trinajstić information content (AvgIpc) is 1.88. The predicted molar refractivity (Wildman–Crippen MR) is 37.9 cm³/mol. The van der Waals surface area contributed by atoms with E-state index in [4.69, 9.17) is 10.4 Å². The Hall–Kier alpha value is -0.700. The van der Waals surface area contributed by atoms with Gasteiger partial charge >= 0.3 is 7.52 Å². The summed E-state index contributed by atoms with van der Waals surface area (Å²) in [5.41, 5.74) is 4.94. The van der Waals surface area contributed by atoms with Crippen LogP contribution < -0.4 is 10.9 Å². The van der Waals surface area contributed by atoms with Crippen LogP contribution in [0.4, 0.5) is 0 Å². The molecule has 0 saturated heterocycles. The Morgan fingerprint density at radius 2 is 2.30 bits per heavy atom. The lowest BCUT2D eigenvalue weighted by Gasteiger charge is -2.00. The van der Waals surface area contributed by atoms with Crippen LogP contribution >= 0.6 is 7.52 Å². The standard InChI is InChI=1S/C5H7N2O2P/c6-10(8,9)5-3-1-2-4-7-5/h1-4H,(H3,6,8,9). The van der Waals surface area contributed by atoms with Gasteiger partial charge in [0.1, 0.15) is 5.44 Å². The van der Waals surface area contributed by atoms with Gasteiger partial charge in [0, 0.05) is 6.20 Å². The maximum absolute atomic E-state index is 10.7.